The van der Waals surface area contributed by atoms with E-state index >= 15 is 0 Å². The van der Waals surface area contributed by atoms with Gasteiger partial charge in [0.05, 0.1) is 31.5 Å². The first-order chi connectivity index (χ1) is 13.0. The van der Waals surface area contributed by atoms with Crippen LogP contribution in [0, 0.1) is 11.3 Å². The van der Waals surface area contributed by atoms with Crippen molar-refractivity contribution >= 4 is 11.6 Å². The van der Waals surface area contributed by atoms with Crippen molar-refractivity contribution in [2.24, 2.45) is 7.05 Å². The van der Waals surface area contributed by atoms with Crippen LogP contribution in [-0.4, -0.2) is 29.9 Å². The third-order valence-electron chi connectivity index (χ3n) is 4.07. The maximum Gasteiger partial charge on any atom is 0.276 e. The molecule has 3 aromatic rings. The number of benzene rings is 2. The monoisotopic (exact) mass is 362 g/mol. The summed E-state index contributed by atoms with van der Waals surface area (Å²) in [7, 11) is 4.93. The van der Waals surface area contributed by atoms with Crippen LogP contribution in [0.15, 0.2) is 48.5 Å². The van der Waals surface area contributed by atoms with Gasteiger partial charge in [0.1, 0.15) is 11.5 Å². The quantitative estimate of drug-likeness (QED) is 0.753. The Labute approximate surface area is 156 Å². The van der Waals surface area contributed by atoms with Gasteiger partial charge >= 0.3 is 0 Å². The van der Waals surface area contributed by atoms with E-state index in [0.29, 0.717) is 22.7 Å². The molecule has 7 nitrogen and oxygen atoms in total. The van der Waals surface area contributed by atoms with Crippen LogP contribution in [0.1, 0.15) is 16.1 Å². The molecule has 0 radical (unpaired) electrons. The van der Waals surface area contributed by atoms with E-state index in [2.05, 4.69) is 10.4 Å². The van der Waals surface area contributed by atoms with Gasteiger partial charge in [0.15, 0.2) is 5.69 Å². The highest BCUT2D eigenvalue weighted by atomic mass is 16.5. The van der Waals surface area contributed by atoms with Crippen LogP contribution in [0.25, 0.3) is 11.3 Å². The third kappa shape index (κ3) is 3.75. The zero-order valence-electron chi connectivity index (χ0n) is 15.2. The molecule has 3 rings (SSSR count). The fraction of sp³-hybridized carbons (Fsp3) is 0.150. The largest absolute Gasteiger partial charge is 0.497 e. The minimum atomic E-state index is -0.344. The first-order valence-electron chi connectivity index (χ1n) is 8.13. The highest BCUT2D eigenvalue weighted by Gasteiger charge is 2.17. The van der Waals surface area contributed by atoms with Gasteiger partial charge in [0, 0.05) is 18.3 Å². The predicted octanol–water partition coefficient (Wildman–Crippen LogP) is 3.23. The summed E-state index contributed by atoms with van der Waals surface area (Å²) in [5.41, 5.74) is 2.87. The van der Waals surface area contributed by atoms with Crippen molar-refractivity contribution in [2.75, 3.05) is 19.5 Å². The molecule has 0 saturated carbocycles. The van der Waals surface area contributed by atoms with Gasteiger partial charge in [-0.3, -0.25) is 9.48 Å². The van der Waals surface area contributed by atoms with E-state index in [1.54, 1.807) is 68.4 Å². The van der Waals surface area contributed by atoms with E-state index in [4.69, 9.17) is 14.7 Å². The van der Waals surface area contributed by atoms with Crippen molar-refractivity contribution in [1.29, 1.82) is 5.26 Å². The summed E-state index contributed by atoms with van der Waals surface area (Å²) in [6.45, 7) is 0. The number of carbonyl (C=O) groups excluding carboxylic acids is 1. The summed E-state index contributed by atoms with van der Waals surface area (Å²) in [6, 6.07) is 15.8. The lowest BCUT2D eigenvalue weighted by molar-refractivity contribution is 0.102. The van der Waals surface area contributed by atoms with Gasteiger partial charge in [-0.05, 0) is 48.5 Å². The van der Waals surface area contributed by atoms with E-state index in [1.807, 2.05) is 12.1 Å². The number of amides is 1. The van der Waals surface area contributed by atoms with E-state index in [9.17, 15) is 4.79 Å². The molecule has 0 fully saturated rings. The Kier molecular flexibility index (Phi) is 5.08. The molecule has 0 atom stereocenters. The van der Waals surface area contributed by atoms with E-state index in [-0.39, 0.29) is 11.6 Å². The smallest absolute Gasteiger partial charge is 0.276 e. The standard InChI is InChI=1S/C20H18N4O3/c1-24-18(16-10-15(26-2)8-9-19(16)27-3)11-17(23-24)20(25)22-14-6-4-13(12-21)5-7-14/h4-11H,1-3H3,(H,22,25). The number of methoxy groups -OCH3 is 2. The number of nitriles is 1. The third-order valence-corrected chi connectivity index (χ3v) is 4.07. The minimum absolute atomic E-state index is 0.265. The molecule has 1 heterocycles. The maximum atomic E-state index is 12.5. The Hall–Kier alpha value is -3.79. The molecule has 0 aliphatic heterocycles. The van der Waals surface area contributed by atoms with Crippen LogP contribution in [0.2, 0.25) is 0 Å². The maximum absolute atomic E-state index is 12.5. The molecule has 2 aromatic carbocycles. The molecule has 27 heavy (non-hydrogen) atoms. The molecular weight excluding hydrogens is 344 g/mol. The Morgan fingerprint density at radius 1 is 1.11 bits per heavy atom. The molecular formula is C20H18N4O3. The fourth-order valence-electron chi connectivity index (χ4n) is 2.67. The topological polar surface area (TPSA) is 89.2 Å². The first-order valence-corrected chi connectivity index (χ1v) is 8.13. The lowest BCUT2D eigenvalue weighted by Crippen LogP contribution is -2.12. The second-order valence-corrected chi connectivity index (χ2v) is 5.75. The van der Waals surface area contributed by atoms with Crippen molar-refractivity contribution < 1.29 is 14.3 Å². The second-order valence-electron chi connectivity index (χ2n) is 5.75. The lowest BCUT2D eigenvalue weighted by Gasteiger charge is -2.10. The Balaban J connectivity index is 1.90. The van der Waals surface area contributed by atoms with Crippen LogP contribution < -0.4 is 14.8 Å². The number of nitrogens with one attached hydrogen (secondary N) is 1. The molecule has 0 unspecified atom stereocenters. The molecule has 0 bridgehead atoms. The Morgan fingerprint density at radius 3 is 2.48 bits per heavy atom. The summed E-state index contributed by atoms with van der Waals surface area (Å²) in [6.07, 6.45) is 0. The van der Waals surface area contributed by atoms with Gasteiger partial charge in [0.25, 0.3) is 5.91 Å². The van der Waals surface area contributed by atoms with E-state index in [1.165, 1.54) is 0 Å². The van der Waals surface area contributed by atoms with E-state index in [0.717, 1.165) is 11.3 Å². The minimum Gasteiger partial charge on any atom is -0.497 e. The molecule has 0 spiro atoms. The van der Waals surface area contributed by atoms with Gasteiger partial charge in [-0.2, -0.15) is 10.4 Å². The number of anilines is 1. The number of nitrogens with zero attached hydrogens (tertiary/aromatic N) is 3. The Morgan fingerprint density at radius 2 is 1.85 bits per heavy atom. The summed E-state index contributed by atoms with van der Waals surface area (Å²) in [5, 5.41) is 15.9. The Bertz CT molecular complexity index is 1020. The predicted molar refractivity (Wildman–Crippen MR) is 101 cm³/mol. The fourth-order valence-corrected chi connectivity index (χ4v) is 2.67. The van der Waals surface area contributed by atoms with Gasteiger partial charge in [-0.25, -0.2) is 0 Å². The SMILES string of the molecule is COc1ccc(OC)c(-c2cc(C(=O)Nc3ccc(C#N)cc3)nn2C)c1. The van der Waals surface area contributed by atoms with E-state index < -0.39 is 0 Å². The molecule has 136 valence electrons. The molecule has 1 N–H and O–H groups in total. The van der Waals surface area contributed by atoms with Crippen LogP contribution in [0.4, 0.5) is 5.69 Å². The normalized spacial score (nSPS) is 10.1. The molecule has 0 aliphatic carbocycles. The summed E-state index contributed by atoms with van der Waals surface area (Å²) in [4.78, 5) is 12.5. The lowest BCUT2D eigenvalue weighted by atomic mass is 10.1. The molecule has 7 heteroatoms. The molecule has 0 saturated heterocycles. The molecule has 0 aliphatic rings. The van der Waals surface area contributed by atoms with Crippen LogP contribution >= 0.6 is 0 Å². The van der Waals surface area contributed by atoms with Gasteiger partial charge in [-0.15, -0.1) is 0 Å². The summed E-state index contributed by atoms with van der Waals surface area (Å²) >= 11 is 0. The highest BCUT2D eigenvalue weighted by molar-refractivity contribution is 6.03. The summed E-state index contributed by atoms with van der Waals surface area (Å²) < 4.78 is 12.3. The molecule has 1 aromatic heterocycles. The van der Waals surface area contributed by atoms with Crippen LogP contribution in [0.3, 0.4) is 0 Å². The zero-order valence-corrected chi connectivity index (χ0v) is 15.2. The van der Waals surface area contributed by atoms with Crippen molar-refractivity contribution in [3.63, 3.8) is 0 Å². The first kappa shape index (κ1) is 18.0. The average Bonchev–Trinajstić information content (AvgIpc) is 3.09. The molecule has 1 amide bonds. The van der Waals surface area contributed by atoms with Crippen molar-refractivity contribution in [3.8, 4) is 28.8 Å². The number of hydrogen-bond donors (Lipinski definition) is 1. The van der Waals surface area contributed by atoms with Gasteiger partial charge < -0.3 is 14.8 Å². The number of carbonyl (C=O) groups is 1. The highest BCUT2D eigenvalue weighted by Crippen LogP contribution is 2.33. The van der Waals surface area contributed by atoms with Crippen molar-refractivity contribution in [2.45, 2.75) is 0 Å². The summed E-state index contributed by atoms with van der Waals surface area (Å²) in [5.74, 6) is 0.983. The zero-order chi connectivity index (χ0) is 19.4. The average molecular weight is 362 g/mol. The number of aromatic nitrogens is 2. The van der Waals surface area contributed by atoms with Gasteiger partial charge in [-0.1, -0.05) is 0 Å². The number of aryl methyl sites for hydroxylation is 1. The van der Waals surface area contributed by atoms with Crippen molar-refractivity contribution in [3.05, 3.63) is 59.8 Å². The number of rotatable bonds is 5. The van der Waals surface area contributed by atoms with Gasteiger partial charge in [0.2, 0.25) is 0 Å². The van der Waals surface area contributed by atoms with Crippen LogP contribution in [0.5, 0.6) is 11.5 Å². The van der Waals surface area contributed by atoms with Crippen molar-refractivity contribution in [1.82, 2.24) is 9.78 Å². The van der Waals surface area contributed by atoms with Crippen LogP contribution in [-0.2, 0) is 7.05 Å². The number of ether oxygens (including phenoxy) is 2. The second kappa shape index (κ2) is 7.62. The number of hydrogen-bond acceptors (Lipinski definition) is 5.